The van der Waals surface area contributed by atoms with Crippen LogP contribution in [0.25, 0.3) is 0 Å². The van der Waals surface area contributed by atoms with Crippen molar-refractivity contribution in [2.45, 2.75) is 0 Å². The first-order chi connectivity index (χ1) is 5.24. The van der Waals surface area contributed by atoms with E-state index in [4.69, 9.17) is 15.1 Å². The van der Waals surface area contributed by atoms with Gasteiger partial charge in [0, 0.05) is 4.78 Å². The van der Waals surface area contributed by atoms with Crippen molar-refractivity contribution in [3.05, 3.63) is 12.1 Å². The van der Waals surface area contributed by atoms with E-state index in [1.165, 1.54) is 6.07 Å². The van der Waals surface area contributed by atoms with Crippen LogP contribution in [0.5, 0.6) is 5.06 Å². The molecule has 0 unspecified atom stereocenters. The van der Waals surface area contributed by atoms with Gasteiger partial charge in [0.1, 0.15) is 0 Å². The third-order valence-electron chi connectivity index (χ3n) is 1.06. The van der Waals surface area contributed by atoms with Crippen LogP contribution in [-0.4, -0.2) is 29.9 Å². The van der Waals surface area contributed by atoms with Gasteiger partial charge in [0.15, 0.2) is 5.06 Å². The van der Waals surface area contributed by atoms with Gasteiger partial charge in [0.25, 0.3) is 0 Å². The van der Waals surface area contributed by atoms with Crippen LogP contribution in [0.1, 0.15) is 0 Å². The first-order valence-electron chi connectivity index (χ1n) is 2.93. The molecule has 0 saturated carbocycles. The number of rotatable bonds is 3. The van der Waals surface area contributed by atoms with Gasteiger partial charge in [0.2, 0.25) is 0 Å². The average molecular weight is 172 g/mol. The first kappa shape index (κ1) is 8.61. The molecule has 0 radical (unpaired) electrons. The summed E-state index contributed by atoms with van der Waals surface area (Å²) < 4.78 is 5.09. The SMILES string of the molecule is OBOc1ccc(B(O)O)s1. The lowest BCUT2D eigenvalue weighted by Crippen LogP contribution is -2.26. The zero-order valence-electron chi connectivity index (χ0n) is 5.60. The lowest BCUT2D eigenvalue weighted by Gasteiger charge is -1.94. The molecule has 0 spiro atoms. The van der Waals surface area contributed by atoms with Gasteiger partial charge in [-0.3, -0.25) is 0 Å². The lowest BCUT2D eigenvalue weighted by atomic mass is 9.90. The smallest absolute Gasteiger partial charge is 0.504 e. The molecule has 3 N–H and O–H groups in total. The molecule has 0 atom stereocenters. The molecule has 0 amide bonds. The molecule has 1 aromatic rings. The lowest BCUT2D eigenvalue weighted by molar-refractivity contribution is 0.427. The van der Waals surface area contributed by atoms with Crippen LogP contribution in [0.4, 0.5) is 0 Å². The third-order valence-corrected chi connectivity index (χ3v) is 2.10. The Bertz CT molecular complexity index is 226. The van der Waals surface area contributed by atoms with Gasteiger partial charge < -0.3 is 19.7 Å². The fourth-order valence-electron chi connectivity index (χ4n) is 0.614. The van der Waals surface area contributed by atoms with Crippen LogP contribution in [0.2, 0.25) is 0 Å². The molecule has 0 aromatic carbocycles. The minimum Gasteiger partial charge on any atom is -0.531 e. The largest absolute Gasteiger partial charge is 0.531 e. The van der Waals surface area contributed by atoms with Gasteiger partial charge in [0.05, 0.1) is 0 Å². The third kappa shape index (κ3) is 2.23. The highest BCUT2D eigenvalue weighted by molar-refractivity contribution is 7.23. The van der Waals surface area contributed by atoms with Crippen LogP contribution in [0, 0.1) is 0 Å². The van der Waals surface area contributed by atoms with Crippen molar-refractivity contribution in [3.8, 4) is 5.06 Å². The summed E-state index contributed by atoms with van der Waals surface area (Å²) in [6.07, 6.45) is 0. The predicted molar refractivity (Wildman–Crippen MR) is 44.1 cm³/mol. The summed E-state index contributed by atoms with van der Waals surface area (Å²) in [4.78, 5) is 0. The molecule has 4 nitrogen and oxygen atoms in total. The number of thiophene rings is 1. The van der Waals surface area contributed by atoms with Crippen molar-refractivity contribution in [3.63, 3.8) is 0 Å². The van der Waals surface area contributed by atoms with Crippen molar-refractivity contribution in [1.82, 2.24) is 0 Å². The Morgan fingerprint density at radius 2 is 2.18 bits per heavy atom. The van der Waals surface area contributed by atoms with Crippen LogP contribution >= 0.6 is 11.3 Å². The summed E-state index contributed by atoms with van der Waals surface area (Å²) in [7, 11) is -1.86. The molecule has 0 aliphatic carbocycles. The Morgan fingerprint density at radius 3 is 2.64 bits per heavy atom. The molecule has 1 rings (SSSR count). The number of hydrogen-bond donors (Lipinski definition) is 3. The molecule has 11 heavy (non-hydrogen) atoms. The van der Waals surface area contributed by atoms with E-state index in [9.17, 15) is 0 Å². The molecule has 7 heteroatoms. The van der Waals surface area contributed by atoms with Crippen molar-refractivity contribution in [1.29, 1.82) is 0 Å². The maximum absolute atomic E-state index is 8.65. The van der Waals surface area contributed by atoms with Crippen molar-refractivity contribution in [2.24, 2.45) is 0 Å². The Kier molecular flexibility index (Phi) is 2.95. The molecular formula is C4H6B2O4S. The van der Waals surface area contributed by atoms with E-state index in [-0.39, 0.29) is 0 Å². The molecular weight excluding hydrogens is 166 g/mol. The Hall–Kier alpha value is -0.490. The maximum atomic E-state index is 8.65. The zero-order chi connectivity index (χ0) is 8.27. The molecule has 0 aliphatic heterocycles. The Labute approximate surface area is 68.5 Å². The molecule has 0 saturated heterocycles. The predicted octanol–water partition coefficient (Wildman–Crippen LogP) is -1.93. The summed E-state index contributed by atoms with van der Waals surface area (Å²) in [6, 6.07) is 3.09. The highest BCUT2D eigenvalue weighted by Crippen LogP contribution is 2.15. The van der Waals surface area contributed by atoms with E-state index in [0.29, 0.717) is 9.84 Å². The van der Waals surface area contributed by atoms with E-state index >= 15 is 0 Å². The molecule has 0 aliphatic rings. The summed E-state index contributed by atoms with van der Waals surface area (Å²) >= 11 is 1.08. The van der Waals surface area contributed by atoms with E-state index in [0.717, 1.165) is 11.3 Å². The Morgan fingerprint density at radius 1 is 1.45 bits per heavy atom. The highest BCUT2D eigenvalue weighted by Gasteiger charge is 2.13. The summed E-state index contributed by atoms with van der Waals surface area (Å²) in [5, 5.41) is 26.1. The topological polar surface area (TPSA) is 69.9 Å². The highest BCUT2D eigenvalue weighted by atomic mass is 32.1. The van der Waals surface area contributed by atoms with Crippen LogP contribution in [-0.2, 0) is 0 Å². The summed E-state index contributed by atoms with van der Waals surface area (Å²) in [5.41, 5.74) is 0. The van der Waals surface area contributed by atoms with Crippen LogP contribution in [0.3, 0.4) is 0 Å². The quantitative estimate of drug-likeness (QED) is 0.464. The monoisotopic (exact) mass is 172 g/mol. The van der Waals surface area contributed by atoms with Crippen molar-refractivity contribution >= 4 is 30.9 Å². The molecule has 58 valence electrons. The summed E-state index contributed by atoms with van der Waals surface area (Å²) in [6.45, 7) is 0. The van der Waals surface area contributed by atoms with Crippen molar-refractivity contribution in [2.75, 3.05) is 0 Å². The number of hydrogen-bond acceptors (Lipinski definition) is 5. The van der Waals surface area contributed by atoms with E-state index in [2.05, 4.69) is 4.65 Å². The van der Waals surface area contributed by atoms with E-state index in [1.807, 2.05) is 0 Å². The second-order valence-electron chi connectivity index (χ2n) is 1.80. The fraction of sp³-hybridized carbons (Fsp3) is 0. The van der Waals surface area contributed by atoms with Gasteiger partial charge in [-0.15, -0.1) is 11.3 Å². The minimum absolute atomic E-state index is 0.397. The zero-order valence-corrected chi connectivity index (χ0v) is 6.41. The molecule has 0 bridgehead atoms. The molecule has 1 aromatic heterocycles. The van der Waals surface area contributed by atoms with Gasteiger partial charge in [-0.2, -0.15) is 0 Å². The fourth-order valence-corrected chi connectivity index (χ4v) is 1.34. The van der Waals surface area contributed by atoms with Gasteiger partial charge in [-0.1, -0.05) is 0 Å². The maximum Gasteiger partial charge on any atom is 0.504 e. The van der Waals surface area contributed by atoms with Gasteiger partial charge in [-0.05, 0) is 12.1 Å². The van der Waals surface area contributed by atoms with E-state index < -0.39 is 14.8 Å². The van der Waals surface area contributed by atoms with Gasteiger partial charge >= 0.3 is 14.8 Å². The Balaban J connectivity index is 2.66. The van der Waals surface area contributed by atoms with E-state index in [1.54, 1.807) is 6.07 Å². The normalized spacial score (nSPS) is 9.36. The van der Waals surface area contributed by atoms with Gasteiger partial charge in [-0.25, -0.2) is 0 Å². The summed E-state index contributed by atoms with van der Waals surface area (Å²) in [5.74, 6) is 0. The average Bonchev–Trinajstić information content (AvgIpc) is 2.37. The molecule has 0 fully saturated rings. The van der Waals surface area contributed by atoms with Crippen molar-refractivity contribution < 1.29 is 19.7 Å². The van der Waals surface area contributed by atoms with Crippen LogP contribution in [0.15, 0.2) is 12.1 Å². The second kappa shape index (κ2) is 3.77. The first-order valence-corrected chi connectivity index (χ1v) is 3.75. The standard InChI is InChI=1S/C4H6B2O4S/c7-5-10-4-2-1-3(11-4)6(8)9/h1-2,5,7-9H. The van der Waals surface area contributed by atoms with Crippen LogP contribution < -0.4 is 9.43 Å². The molecule has 1 heterocycles. The minimum atomic E-state index is -1.46. The second-order valence-corrected chi connectivity index (χ2v) is 2.88.